The van der Waals surface area contributed by atoms with E-state index >= 15 is 0 Å². The molecule has 1 heterocycles. The van der Waals surface area contributed by atoms with Crippen LogP contribution in [0.4, 0.5) is 13.2 Å². The van der Waals surface area contributed by atoms with Crippen molar-refractivity contribution >= 4 is 5.91 Å². The molecule has 1 atom stereocenters. The van der Waals surface area contributed by atoms with Crippen molar-refractivity contribution in [3.8, 4) is 0 Å². The molecule has 1 saturated heterocycles. The second-order valence-electron chi connectivity index (χ2n) is 4.29. The van der Waals surface area contributed by atoms with Crippen LogP contribution in [0.25, 0.3) is 0 Å². The highest BCUT2D eigenvalue weighted by Crippen LogP contribution is 2.29. The Morgan fingerprint density at radius 3 is 2.44 bits per heavy atom. The number of amides is 1. The summed E-state index contributed by atoms with van der Waals surface area (Å²) in [7, 11) is 0. The van der Waals surface area contributed by atoms with Crippen LogP contribution in [0, 0.1) is 0 Å². The van der Waals surface area contributed by atoms with E-state index in [1.165, 1.54) is 12.1 Å². The lowest BCUT2D eigenvalue weighted by molar-refractivity contribution is -0.137. The number of benzene rings is 1. The molecule has 0 saturated carbocycles. The van der Waals surface area contributed by atoms with Crippen molar-refractivity contribution in [3.05, 3.63) is 35.4 Å². The van der Waals surface area contributed by atoms with E-state index in [-0.39, 0.29) is 11.9 Å². The zero-order valence-corrected chi connectivity index (χ0v) is 9.55. The molecule has 1 unspecified atom stereocenters. The average Bonchev–Trinajstić information content (AvgIpc) is 2.28. The molecule has 6 heteroatoms. The molecule has 1 aliphatic rings. The Hall–Kier alpha value is -1.56. The summed E-state index contributed by atoms with van der Waals surface area (Å²) in [6.45, 7) is 0.927. The van der Waals surface area contributed by atoms with Crippen molar-refractivity contribution in [2.24, 2.45) is 0 Å². The Labute approximate surface area is 102 Å². The van der Waals surface area contributed by atoms with E-state index in [0.29, 0.717) is 19.5 Å². The third-order valence-corrected chi connectivity index (χ3v) is 2.80. The molecule has 0 bridgehead atoms. The average molecular weight is 258 g/mol. The first-order valence-electron chi connectivity index (χ1n) is 5.61. The highest BCUT2D eigenvalue weighted by molar-refractivity contribution is 5.79. The molecule has 0 aliphatic carbocycles. The van der Waals surface area contributed by atoms with Crippen LogP contribution in [0.1, 0.15) is 11.1 Å². The molecule has 1 aromatic carbocycles. The summed E-state index contributed by atoms with van der Waals surface area (Å²) in [6.07, 6.45) is -3.78. The highest BCUT2D eigenvalue weighted by atomic mass is 19.4. The van der Waals surface area contributed by atoms with E-state index in [4.69, 9.17) is 0 Å². The van der Waals surface area contributed by atoms with E-state index in [1.807, 2.05) is 0 Å². The lowest BCUT2D eigenvalue weighted by atomic mass is 10.0. The summed E-state index contributed by atoms with van der Waals surface area (Å²) >= 11 is 0. The van der Waals surface area contributed by atoms with E-state index in [0.717, 1.165) is 17.7 Å². The fraction of sp³-hybridized carbons (Fsp3) is 0.417. The van der Waals surface area contributed by atoms with Gasteiger partial charge in [-0.2, -0.15) is 13.2 Å². The minimum absolute atomic E-state index is 0.0667. The number of rotatable bonds is 2. The molecule has 2 rings (SSSR count). The first kappa shape index (κ1) is 12.9. The normalized spacial score (nSPS) is 20.6. The van der Waals surface area contributed by atoms with Gasteiger partial charge in [-0.15, -0.1) is 0 Å². The maximum atomic E-state index is 12.4. The van der Waals surface area contributed by atoms with Crippen molar-refractivity contribution in [2.75, 3.05) is 13.1 Å². The Morgan fingerprint density at radius 1 is 1.22 bits per heavy atom. The van der Waals surface area contributed by atoms with Gasteiger partial charge in [-0.3, -0.25) is 4.79 Å². The number of nitrogens with one attached hydrogen (secondary N) is 2. The van der Waals surface area contributed by atoms with Crippen molar-refractivity contribution in [1.29, 1.82) is 0 Å². The van der Waals surface area contributed by atoms with Crippen LogP contribution in [0.5, 0.6) is 0 Å². The van der Waals surface area contributed by atoms with Crippen LogP contribution in [0.2, 0.25) is 0 Å². The molecule has 0 radical (unpaired) electrons. The predicted octanol–water partition coefficient (Wildman–Crippen LogP) is 1.34. The van der Waals surface area contributed by atoms with Gasteiger partial charge < -0.3 is 10.6 Å². The van der Waals surface area contributed by atoms with E-state index in [2.05, 4.69) is 10.6 Å². The van der Waals surface area contributed by atoms with Crippen LogP contribution < -0.4 is 10.6 Å². The third kappa shape index (κ3) is 3.22. The number of hydrogen-bond donors (Lipinski definition) is 2. The standard InChI is InChI=1S/C12H13F3N2O/c13-12(14,15)9-3-1-8(2-4-9)5-10-6-16-7-11(18)17-10/h1-4,10,16H,5-7H2,(H,17,18). The number of alkyl halides is 3. The second-order valence-corrected chi connectivity index (χ2v) is 4.29. The third-order valence-electron chi connectivity index (χ3n) is 2.80. The zero-order valence-electron chi connectivity index (χ0n) is 9.55. The number of halogens is 3. The summed E-state index contributed by atoms with van der Waals surface area (Å²) in [5.74, 6) is -0.0850. The zero-order chi connectivity index (χ0) is 13.2. The molecule has 18 heavy (non-hydrogen) atoms. The van der Waals surface area contributed by atoms with Gasteiger partial charge in [0.2, 0.25) is 5.91 Å². The molecular weight excluding hydrogens is 245 g/mol. The van der Waals surface area contributed by atoms with Gasteiger partial charge in [0, 0.05) is 12.6 Å². The Kier molecular flexibility index (Phi) is 3.56. The maximum absolute atomic E-state index is 12.4. The van der Waals surface area contributed by atoms with Crippen molar-refractivity contribution in [2.45, 2.75) is 18.6 Å². The molecular formula is C12H13F3N2O. The first-order valence-corrected chi connectivity index (χ1v) is 5.61. The maximum Gasteiger partial charge on any atom is 0.416 e. The van der Waals surface area contributed by atoms with Gasteiger partial charge >= 0.3 is 6.18 Å². The molecule has 1 fully saturated rings. The molecule has 1 amide bonds. The summed E-state index contributed by atoms with van der Waals surface area (Å²) < 4.78 is 37.1. The lowest BCUT2D eigenvalue weighted by Crippen LogP contribution is -2.52. The van der Waals surface area contributed by atoms with Gasteiger partial charge in [-0.1, -0.05) is 12.1 Å². The summed E-state index contributed by atoms with van der Waals surface area (Å²) in [5.41, 5.74) is 0.119. The van der Waals surface area contributed by atoms with Crippen molar-refractivity contribution in [1.82, 2.24) is 10.6 Å². The quantitative estimate of drug-likeness (QED) is 0.840. The van der Waals surface area contributed by atoms with E-state index < -0.39 is 11.7 Å². The van der Waals surface area contributed by atoms with Crippen molar-refractivity contribution in [3.63, 3.8) is 0 Å². The summed E-state index contributed by atoms with van der Waals surface area (Å²) in [4.78, 5) is 11.1. The first-order chi connectivity index (χ1) is 8.45. The molecule has 2 N–H and O–H groups in total. The number of carbonyl (C=O) groups is 1. The molecule has 1 aromatic rings. The molecule has 3 nitrogen and oxygen atoms in total. The fourth-order valence-electron chi connectivity index (χ4n) is 1.93. The largest absolute Gasteiger partial charge is 0.416 e. The van der Waals surface area contributed by atoms with Crippen LogP contribution in [0.3, 0.4) is 0 Å². The molecule has 0 spiro atoms. The van der Waals surface area contributed by atoms with Gasteiger partial charge in [-0.25, -0.2) is 0 Å². The van der Waals surface area contributed by atoms with Gasteiger partial charge in [0.15, 0.2) is 0 Å². The SMILES string of the molecule is O=C1CNCC(Cc2ccc(C(F)(F)F)cc2)N1. The van der Waals surface area contributed by atoms with Gasteiger partial charge in [0.05, 0.1) is 12.1 Å². The summed E-state index contributed by atoms with van der Waals surface area (Å²) in [5, 5.41) is 5.73. The lowest BCUT2D eigenvalue weighted by Gasteiger charge is -2.24. The predicted molar refractivity (Wildman–Crippen MR) is 59.9 cm³/mol. The van der Waals surface area contributed by atoms with Crippen LogP contribution in [0.15, 0.2) is 24.3 Å². The van der Waals surface area contributed by atoms with Gasteiger partial charge in [0.25, 0.3) is 0 Å². The van der Waals surface area contributed by atoms with E-state index in [1.54, 1.807) is 0 Å². The Bertz CT molecular complexity index is 428. The topological polar surface area (TPSA) is 41.1 Å². The van der Waals surface area contributed by atoms with Crippen molar-refractivity contribution < 1.29 is 18.0 Å². The van der Waals surface area contributed by atoms with E-state index in [9.17, 15) is 18.0 Å². The molecule has 1 aliphatic heterocycles. The molecule has 0 aromatic heterocycles. The fourth-order valence-corrected chi connectivity index (χ4v) is 1.93. The second kappa shape index (κ2) is 4.97. The smallest absolute Gasteiger partial charge is 0.351 e. The monoisotopic (exact) mass is 258 g/mol. The number of carbonyl (C=O) groups excluding carboxylic acids is 1. The minimum Gasteiger partial charge on any atom is -0.351 e. The van der Waals surface area contributed by atoms with Crippen LogP contribution in [-0.2, 0) is 17.4 Å². The Balaban J connectivity index is 2.00. The number of hydrogen-bond acceptors (Lipinski definition) is 2. The van der Waals surface area contributed by atoms with Gasteiger partial charge in [0.1, 0.15) is 0 Å². The molecule has 98 valence electrons. The van der Waals surface area contributed by atoms with Crippen LogP contribution >= 0.6 is 0 Å². The minimum atomic E-state index is -4.31. The highest BCUT2D eigenvalue weighted by Gasteiger charge is 2.30. The summed E-state index contributed by atoms with van der Waals surface area (Å²) in [6, 6.07) is 4.96. The number of piperazine rings is 1. The Morgan fingerprint density at radius 2 is 1.89 bits per heavy atom. The van der Waals surface area contributed by atoms with Crippen LogP contribution in [-0.4, -0.2) is 25.0 Å². The van der Waals surface area contributed by atoms with Gasteiger partial charge in [-0.05, 0) is 24.1 Å².